The van der Waals surface area contributed by atoms with Crippen molar-refractivity contribution in [1.82, 2.24) is 19.4 Å². The summed E-state index contributed by atoms with van der Waals surface area (Å²) in [5.41, 5.74) is 8.78. The molecule has 0 unspecified atom stereocenters. The quantitative estimate of drug-likeness (QED) is 0.284. The van der Waals surface area contributed by atoms with Gasteiger partial charge in [-0.15, -0.1) is 0 Å². The first-order chi connectivity index (χ1) is 16.4. The summed E-state index contributed by atoms with van der Waals surface area (Å²) in [5, 5.41) is 7.62. The van der Waals surface area contributed by atoms with Crippen molar-refractivity contribution in [2.24, 2.45) is 5.73 Å². The molecular weight excluding hydrogens is 424 g/mol. The number of nitrogen functional groups attached to an aromatic ring is 1. The highest BCUT2D eigenvalue weighted by Crippen LogP contribution is 2.23. The minimum absolute atomic E-state index is 0.0630. The minimum atomic E-state index is -0.0842. The molecule has 0 spiro atoms. The van der Waals surface area contributed by atoms with Gasteiger partial charge >= 0.3 is 0 Å². The van der Waals surface area contributed by atoms with E-state index in [1.807, 2.05) is 41.0 Å². The number of aromatic nitrogens is 3. The van der Waals surface area contributed by atoms with Gasteiger partial charge in [-0.05, 0) is 70.3 Å². The molecular formula is C27H36N6O. The van der Waals surface area contributed by atoms with E-state index in [0.717, 1.165) is 36.8 Å². The summed E-state index contributed by atoms with van der Waals surface area (Å²) >= 11 is 0. The van der Waals surface area contributed by atoms with E-state index in [9.17, 15) is 4.79 Å². The fourth-order valence-corrected chi connectivity index (χ4v) is 5.14. The van der Waals surface area contributed by atoms with Crippen molar-refractivity contribution < 1.29 is 0 Å². The molecule has 34 heavy (non-hydrogen) atoms. The maximum Gasteiger partial charge on any atom is 0.273 e. The Labute approximate surface area is 201 Å². The van der Waals surface area contributed by atoms with Crippen molar-refractivity contribution in [3.05, 3.63) is 69.9 Å². The second-order valence-electron chi connectivity index (χ2n) is 9.54. The molecule has 3 N–H and O–H groups in total. The van der Waals surface area contributed by atoms with Gasteiger partial charge in [0.1, 0.15) is 17.2 Å². The van der Waals surface area contributed by atoms with Gasteiger partial charge in [-0.3, -0.25) is 15.1 Å². The molecule has 0 radical (unpaired) electrons. The Morgan fingerprint density at radius 2 is 1.74 bits per heavy atom. The van der Waals surface area contributed by atoms with Gasteiger partial charge < -0.3 is 10.3 Å². The first-order valence-electron chi connectivity index (χ1n) is 12.5. The Kier molecular flexibility index (Phi) is 7.73. The fourth-order valence-electron chi connectivity index (χ4n) is 5.14. The number of rotatable bonds is 9. The number of hydrogen-bond acceptors (Lipinski definition) is 5. The molecule has 1 aliphatic rings. The molecule has 0 aliphatic carbocycles. The molecule has 3 heterocycles. The average molecular weight is 461 g/mol. The van der Waals surface area contributed by atoms with E-state index in [1.54, 1.807) is 6.07 Å². The second kappa shape index (κ2) is 10.9. The van der Waals surface area contributed by atoms with Gasteiger partial charge in [0.25, 0.3) is 5.56 Å². The Balaban J connectivity index is 1.47. The minimum Gasteiger partial charge on any atom is -0.382 e. The number of unbranched alkanes of at least 4 members (excludes halogenated alkanes) is 2. The maximum absolute atomic E-state index is 13.4. The summed E-state index contributed by atoms with van der Waals surface area (Å²) in [5.74, 6) is -0.0842. The molecule has 1 aromatic carbocycles. The molecule has 2 atom stereocenters. The van der Waals surface area contributed by atoms with E-state index in [1.165, 1.54) is 19.3 Å². The van der Waals surface area contributed by atoms with E-state index < -0.39 is 0 Å². The van der Waals surface area contributed by atoms with Gasteiger partial charge in [-0.1, -0.05) is 31.0 Å². The van der Waals surface area contributed by atoms with Crippen LogP contribution in [0.25, 0.3) is 11.0 Å². The van der Waals surface area contributed by atoms with Crippen molar-refractivity contribution >= 4 is 16.9 Å². The summed E-state index contributed by atoms with van der Waals surface area (Å²) < 4.78 is 1.87. The van der Waals surface area contributed by atoms with Gasteiger partial charge in [-0.25, -0.2) is 9.97 Å². The van der Waals surface area contributed by atoms with Gasteiger partial charge in [0.05, 0.1) is 11.0 Å². The SMILES string of the molecule is C[C@@H]1CCC[C@H](C)N1CCCCCn1c(=O)c(Cc2cccc(C(=N)N)n2)nc2ccccc21. The summed E-state index contributed by atoms with van der Waals surface area (Å²) in [7, 11) is 0. The summed E-state index contributed by atoms with van der Waals surface area (Å²) in [6.07, 6.45) is 7.47. The Hall–Kier alpha value is -3.06. The van der Waals surface area contributed by atoms with Crippen molar-refractivity contribution in [3.63, 3.8) is 0 Å². The second-order valence-corrected chi connectivity index (χ2v) is 9.54. The predicted octanol–water partition coefficient (Wildman–Crippen LogP) is 4.10. The van der Waals surface area contributed by atoms with Crippen LogP contribution in [0.15, 0.2) is 47.3 Å². The summed E-state index contributed by atoms with van der Waals surface area (Å²) in [4.78, 5) is 25.1. The Bertz CT molecular complexity index is 1190. The van der Waals surface area contributed by atoms with Crippen molar-refractivity contribution in [1.29, 1.82) is 5.41 Å². The van der Waals surface area contributed by atoms with E-state index in [2.05, 4.69) is 28.7 Å². The molecule has 7 nitrogen and oxygen atoms in total. The standard InChI is InChI=1S/C27H36N6O/c1-19-10-8-11-20(2)32(19)16-6-3-7-17-33-25-15-5-4-13-22(25)31-24(27(33)34)18-21-12-9-14-23(30-21)26(28)29/h4-5,9,12-15,19-20H,3,6-8,10-11,16-18H2,1-2H3,(H3,28,29)/t19-,20+. The van der Waals surface area contributed by atoms with Crippen LogP contribution in [0.2, 0.25) is 0 Å². The molecule has 0 amide bonds. The average Bonchev–Trinajstić information content (AvgIpc) is 2.82. The number of likely N-dealkylation sites (tertiary alicyclic amines) is 1. The predicted molar refractivity (Wildman–Crippen MR) is 137 cm³/mol. The number of hydrogen-bond donors (Lipinski definition) is 2. The lowest BCUT2D eigenvalue weighted by Gasteiger charge is -2.39. The number of nitrogens with one attached hydrogen (secondary N) is 1. The number of piperidine rings is 1. The van der Waals surface area contributed by atoms with Gasteiger partial charge in [0, 0.05) is 30.7 Å². The zero-order valence-electron chi connectivity index (χ0n) is 20.3. The van der Waals surface area contributed by atoms with Crippen LogP contribution in [0.1, 0.15) is 69.5 Å². The van der Waals surface area contributed by atoms with Gasteiger partial charge in [0.2, 0.25) is 0 Å². The highest BCUT2D eigenvalue weighted by atomic mass is 16.1. The smallest absolute Gasteiger partial charge is 0.273 e. The fraction of sp³-hybridized carbons (Fsp3) is 0.481. The highest BCUT2D eigenvalue weighted by Gasteiger charge is 2.23. The molecule has 1 saturated heterocycles. The number of benzene rings is 1. The van der Waals surface area contributed by atoms with Crippen LogP contribution in [-0.2, 0) is 13.0 Å². The van der Waals surface area contributed by atoms with E-state index >= 15 is 0 Å². The first kappa shape index (κ1) is 24.1. The lowest BCUT2D eigenvalue weighted by atomic mass is 9.97. The third-order valence-electron chi connectivity index (χ3n) is 7.03. The lowest BCUT2D eigenvalue weighted by molar-refractivity contribution is 0.101. The number of pyridine rings is 1. The number of fused-ring (bicyclic) bond motifs is 1. The maximum atomic E-state index is 13.4. The van der Waals surface area contributed by atoms with Gasteiger partial charge in [0.15, 0.2) is 0 Å². The number of para-hydroxylation sites is 2. The van der Waals surface area contributed by atoms with Crippen molar-refractivity contribution in [2.75, 3.05) is 6.54 Å². The summed E-state index contributed by atoms with van der Waals surface area (Å²) in [6, 6.07) is 14.5. The van der Waals surface area contributed by atoms with E-state index in [-0.39, 0.29) is 11.4 Å². The zero-order chi connectivity index (χ0) is 24.1. The zero-order valence-corrected chi connectivity index (χ0v) is 20.3. The molecule has 0 saturated carbocycles. The molecule has 2 aromatic heterocycles. The molecule has 4 rings (SSSR count). The third kappa shape index (κ3) is 5.53. The highest BCUT2D eigenvalue weighted by molar-refractivity contribution is 5.92. The molecule has 7 heteroatoms. The van der Waals surface area contributed by atoms with E-state index in [4.69, 9.17) is 11.1 Å². The van der Waals surface area contributed by atoms with Crippen LogP contribution in [0, 0.1) is 5.41 Å². The monoisotopic (exact) mass is 460 g/mol. The molecule has 3 aromatic rings. The summed E-state index contributed by atoms with van der Waals surface area (Å²) in [6.45, 7) is 6.51. The lowest BCUT2D eigenvalue weighted by Crippen LogP contribution is -2.44. The van der Waals surface area contributed by atoms with E-state index in [0.29, 0.717) is 42.1 Å². The van der Waals surface area contributed by atoms with Crippen LogP contribution in [-0.4, -0.2) is 43.9 Å². The molecule has 180 valence electrons. The van der Waals surface area contributed by atoms with Crippen LogP contribution < -0.4 is 11.3 Å². The van der Waals surface area contributed by atoms with Crippen LogP contribution >= 0.6 is 0 Å². The van der Waals surface area contributed by atoms with Crippen molar-refractivity contribution in [2.45, 2.75) is 77.4 Å². The number of nitrogens with two attached hydrogens (primary N) is 1. The van der Waals surface area contributed by atoms with Crippen LogP contribution in [0.4, 0.5) is 0 Å². The van der Waals surface area contributed by atoms with Gasteiger partial charge in [-0.2, -0.15) is 0 Å². The number of amidine groups is 1. The van der Waals surface area contributed by atoms with Crippen LogP contribution in [0.3, 0.4) is 0 Å². The molecule has 1 fully saturated rings. The largest absolute Gasteiger partial charge is 0.382 e. The third-order valence-corrected chi connectivity index (χ3v) is 7.03. The number of nitrogens with zero attached hydrogens (tertiary/aromatic N) is 4. The topological polar surface area (TPSA) is 101 Å². The first-order valence-corrected chi connectivity index (χ1v) is 12.5. The van der Waals surface area contributed by atoms with Crippen molar-refractivity contribution in [3.8, 4) is 0 Å². The normalized spacial score (nSPS) is 18.9. The van der Waals surface area contributed by atoms with Crippen LogP contribution in [0.5, 0.6) is 0 Å². The molecule has 1 aliphatic heterocycles. The Morgan fingerprint density at radius 1 is 1.00 bits per heavy atom. The molecule has 0 bridgehead atoms. The Morgan fingerprint density at radius 3 is 2.50 bits per heavy atom. The number of aryl methyl sites for hydroxylation is 1.